The Bertz CT molecular complexity index is 773. The van der Waals surface area contributed by atoms with Crippen molar-refractivity contribution in [1.82, 2.24) is 9.97 Å². The lowest BCUT2D eigenvalue weighted by molar-refractivity contribution is 0.151. The van der Waals surface area contributed by atoms with Crippen LogP contribution in [0.3, 0.4) is 0 Å². The second-order valence-electron chi connectivity index (χ2n) is 4.40. The summed E-state index contributed by atoms with van der Waals surface area (Å²) in [7, 11) is 1.81. The van der Waals surface area contributed by atoms with Crippen LogP contribution >= 0.6 is 22.9 Å². The zero-order valence-corrected chi connectivity index (χ0v) is 12.5. The van der Waals surface area contributed by atoms with Crippen LogP contribution in [0.4, 0.5) is 20.3 Å². The molecule has 0 fully saturated rings. The maximum Gasteiger partial charge on any atom is 0.263 e. The number of fused-ring (bicyclic) bond motifs is 1. The van der Waals surface area contributed by atoms with Crippen LogP contribution in [0.2, 0.25) is 5.28 Å². The maximum absolute atomic E-state index is 12.6. The first kappa shape index (κ1) is 14.2. The zero-order valence-electron chi connectivity index (χ0n) is 10.9. The third-order valence-corrected chi connectivity index (χ3v) is 4.18. The molecule has 0 aliphatic rings. The first-order valence-corrected chi connectivity index (χ1v) is 7.34. The normalized spacial score (nSPS) is 11.3. The molecule has 21 heavy (non-hydrogen) atoms. The molecular weight excluding hydrogens is 316 g/mol. The lowest BCUT2D eigenvalue weighted by Crippen LogP contribution is -2.11. The van der Waals surface area contributed by atoms with Gasteiger partial charge in [-0.05, 0) is 35.2 Å². The van der Waals surface area contributed by atoms with Gasteiger partial charge in [0, 0.05) is 18.3 Å². The van der Waals surface area contributed by atoms with Gasteiger partial charge in [0.1, 0.15) is 0 Å². The van der Waals surface area contributed by atoms with Gasteiger partial charge in [0.2, 0.25) is 5.28 Å². The minimum Gasteiger partial charge on any atom is -0.328 e. The van der Waals surface area contributed by atoms with Gasteiger partial charge in [-0.3, -0.25) is 0 Å². The van der Waals surface area contributed by atoms with Crippen molar-refractivity contribution in [3.05, 3.63) is 46.6 Å². The van der Waals surface area contributed by atoms with E-state index in [0.717, 1.165) is 15.9 Å². The Kier molecular flexibility index (Phi) is 3.73. The highest BCUT2D eigenvalue weighted by molar-refractivity contribution is 7.17. The highest BCUT2D eigenvalue weighted by atomic mass is 35.5. The van der Waals surface area contributed by atoms with Crippen molar-refractivity contribution < 1.29 is 8.78 Å². The van der Waals surface area contributed by atoms with E-state index < -0.39 is 6.43 Å². The Morgan fingerprint density at radius 1 is 1.14 bits per heavy atom. The van der Waals surface area contributed by atoms with E-state index in [1.54, 1.807) is 12.1 Å². The van der Waals surface area contributed by atoms with E-state index in [1.165, 1.54) is 23.5 Å². The summed E-state index contributed by atoms with van der Waals surface area (Å²) in [6.45, 7) is 0. The van der Waals surface area contributed by atoms with Crippen molar-refractivity contribution in [1.29, 1.82) is 0 Å². The van der Waals surface area contributed by atoms with Gasteiger partial charge < -0.3 is 4.90 Å². The number of rotatable bonds is 3. The van der Waals surface area contributed by atoms with Gasteiger partial charge in [0.05, 0.1) is 10.2 Å². The minimum absolute atomic E-state index is 0.00543. The molecule has 0 radical (unpaired) electrons. The topological polar surface area (TPSA) is 29.0 Å². The lowest BCUT2D eigenvalue weighted by Gasteiger charge is -2.19. The zero-order chi connectivity index (χ0) is 15.0. The van der Waals surface area contributed by atoms with Gasteiger partial charge >= 0.3 is 0 Å². The minimum atomic E-state index is -2.47. The molecule has 3 rings (SSSR count). The molecule has 108 valence electrons. The molecule has 2 heterocycles. The van der Waals surface area contributed by atoms with Crippen LogP contribution in [0.15, 0.2) is 35.7 Å². The molecule has 3 aromatic rings. The van der Waals surface area contributed by atoms with Gasteiger partial charge in [-0.2, -0.15) is 4.98 Å². The standard InChI is InChI=1S/C14H10ClF2N3S/c1-20(9-4-2-8(3-5-9)12(16)17)13-11-10(6-7-21-11)18-14(15)19-13/h2-7,12H,1H3. The van der Waals surface area contributed by atoms with Crippen LogP contribution in [0.5, 0.6) is 0 Å². The summed E-state index contributed by atoms with van der Waals surface area (Å²) in [5.74, 6) is 0.657. The van der Waals surface area contributed by atoms with Gasteiger partial charge in [0.15, 0.2) is 5.82 Å². The molecule has 0 aliphatic heterocycles. The Labute approximate surface area is 128 Å². The molecule has 0 unspecified atom stereocenters. The number of halogens is 3. The second-order valence-corrected chi connectivity index (χ2v) is 5.66. The van der Waals surface area contributed by atoms with Gasteiger partial charge in [0.25, 0.3) is 6.43 Å². The van der Waals surface area contributed by atoms with E-state index in [4.69, 9.17) is 11.6 Å². The lowest BCUT2D eigenvalue weighted by atomic mass is 10.2. The Morgan fingerprint density at radius 2 is 1.86 bits per heavy atom. The number of alkyl halides is 2. The number of benzene rings is 1. The molecule has 0 bridgehead atoms. The molecule has 1 aromatic carbocycles. The summed E-state index contributed by atoms with van der Waals surface area (Å²) in [5.41, 5.74) is 1.52. The van der Waals surface area contributed by atoms with Crippen LogP contribution in [0.25, 0.3) is 10.2 Å². The molecule has 0 N–H and O–H groups in total. The third-order valence-electron chi connectivity index (χ3n) is 3.11. The summed E-state index contributed by atoms with van der Waals surface area (Å²) < 4.78 is 26.1. The van der Waals surface area contributed by atoms with E-state index in [9.17, 15) is 8.78 Å². The van der Waals surface area contributed by atoms with Gasteiger partial charge in [-0.15, -0.1) is 11.3 Å². The van der Waals surface area contributed by atoms with Crippen LogP contribution in [-0.2, 0) is 0 Å². The van der Waals surface area contributed by atoms with Crippen molar-refractivity contribution in [3.8, 4) is 0 Å². The fourth-order valence-corrected chi connectivity index (χ4v) is 3.04. The van der Waals surface area contributed by atoms with Crippen molar-refractivity contribution in [2.24, 2.45) is 0 Å². The van der Waals surface area contributed by atoms with E-state index in [0.29, 0.717) is 5.82 Å². The van der Waals surface area contributed by atoms with Crippen molar-refractivity contribution in [2.45, 2.75) is 6.43 Å². The molecule has 0 amide bonds. The van der Waals surface area contributed by atoms with Gasteiger partial charge in [-0.1, -0.05) is 12.1 Å². The average Bonchev–Trinajstić information content (AvgIpc) is 2.93. The molecule has 0 atom stereocenters. The van der Waals surface area contributed by atoms with E-state index in [2.05, 4.69) is 9.97 Å². The number of hydrogen-bond acceptors (Lipinski definition) is 4. The summed E-state index contributed by atoms with van der Waals surface area (Å²) in [6.07, 6.45) is -2.47. The highest BCUT2D eigenvalue weighted by Crippen LogP contribution is 2.33. The fraction of sp³-hybridized carbons (Fsp3) is 0.143. The third kappa shape index (κ3) is 2.69. The summed E-state index contributed by atoms with van der Waals surface area (Å²) in [4.78, 5) is 10.2. The van der Waals surface area contributed by atoms with E-state index in [1.807, 2.05) is 23.4 Å². The predicted molar refractivity (Wildman–Crippen MR) is 81.9 cm³/mol. The first-order chi connectivity index (χ1) is 10.1. The number of aromatic nitrogens is 2. The van der Waals surface area contributed by atoms with Crippen molar-refractivity contribution in [3.63, 3.8) is 0 Å². The summed E-state index contributed by atoms with van der Waals surface area (Å²) in [6, 6.07) is 7.95. The Balaban J connectivity index is 2.03. The van der Waals surface area contributed by atoms with Crippen LogP contribution in [0, 0.1) is 0 Å². The van der Waals surface area contributed by atoms with Crippen molar-refractivity contribution >= 4 is 44.7 Å². The van der Waals surface area contributed by atoms with E-state index >= 15 is 0 Å². The van der Waals surface area contributed by atoms with E-state index in [-0.39, 0.29) is 10.8 Å². The van der Waals surface area contributed by atoms with Crippen LogP contribution in [0.1, 0.15) is 12.0 Å². The predicted octanol–water partition coefficient (Wildman–Crippen LogP) is 5.05. The molecule has 0 spiro atoms. The molecule has 3 nitrogen and oxygen atoms in total. The van der Waals surface area contributed by atoms with Crippen molar-refractivity contribution in [2.75, 3.05) is 11.9 Å². The maximum atomic E-state index is 12.6. The molecule has 2 aromatic heterocycles. The highest BCUT2D eigenvalue weighted by Gasteiger charge is 2.14. The van der Waals surface area contributed by atoms with Crippen LogP contribution < -0.4 is 4.90 Å². The SMILES string of the molecule is CN(c1ccc(C(F)F)cc1)c1nc(Cl)nc2ccsc12. The molecule has 0 saturated carbocycles. The summed E-state index contributed by atoms with van der Waals surface area (Å²) in [5, 5.41) is 2.07. The Hall–Kier alpha value is -1.79. The molecular formula is C14H10ClF2N3S. The smallest absolute Gasteiger partial charge is 0.263 e. The number of thiophene rings is 1. The average molecular weight is 326 g/mol. The molecule has 7 heteroatoms. The largest absolute Gasteiger partial charge is 0.328 e. The first-order valence-electron chi connectivity index (χ1n) is 6.09. The van der Waals surface area contributed by atoms with Crippen LogP contribution in [-0.4, -0.2) is 17.0 Å². The van der Waals surface area contributed by atoms with Gasteiger partial charge in [-0.25, -0.2) is 13.8 Å². The Morgan fingerprint density at radius 3 is 2.52 bits per heavy atom. The summed E-state index contributed by atoms with van der Waals surface area (Å²) >= 11 is 7.44. The number of anilines is 2. The second kappa shape index (κ2) is 5.54. The molecule has 0 saturated heterocycles. The monoisotopic (exact) mass is 325 g/mol. The number of hydrogen-bond donors (Lipinski definition) is 0. The fourth-order valence-electron chi connectivity index (χ4n) is 2.01. The molecule has 0 aliphatic carbocycles. The quantitative estimate of drug-likeness (QED) is 0.631. The number of nitrogens with zero attached hydrogens (tertiary/aromatic N) is 3.